The zero-order valence-electron chi connectivity index (χ0n) is 20.2. The average Bonchev–Trinajstić information content (AvgIpc) is 3.31. The molecule has 0 aliphatic rings. The number of hydrogen-bond acceptors (Lipinski definition) is 7. The smallest absolute Gasteiger partial charge is 0.330 e. The van der Waals surface area contributed by atoms with Gasteiger partial charge in [-0.15, -0.1) is 0 Å². The molecule has 0 amide bonds. The van der Waals surface area contributed by atoms with Gasteiger partial charge in [-0.1, -0.05) is 33.2 Å². The van der Waals surface area contributed by atoms with Gasteiger partial charge in [0.1, 0.15) is 5.82 Å². The maximum Gasteiger partial charge on any atom is 0.330 e. The van der Waals surface area contributed by atoms with E-state index < -0.39 is 23.3 Å². The molecule has 0 spiro atoms. The van der Waals surface area contributed by atoms with Gasteiger partial charge in [-0.3, -0.25) is 0 Å². The Morgan fingerprint density at radius 3 is 1.24 bits per heavy atom. The number of nitrogens with zero attached hydrogens (tertiary/aromatic N) is 1. The molecule has 0 bridgehead atoms. The molecule has 0 aliphatic heterocycles. The van der Waals surface area contributed by atoms with Crippen molar-refractivity contribution in [2.45, 2.75) is 34.1 Å². The van der Waals surface area contributed by atoms with Gasteiger partial charge < -0.3 is 35.6 Å². The molecule has 11 heteroatoms. The summed E-state index contributed by atoms with van der Waals surface area (Å²) in [5.74, 6) is -1.99. The second-order valence-corrected chi connectivity index (χ2v) is 6.76. The number of imidazole rings is 1. The van der Waals surface area contributed by atoms with Crippen molar-refractivity contribution in [3.63, 3.8) is 0 Å². The van der Waals surface area contributed by atoms with Gasteiger partial charge in [0.15, 0.2) is 0 Å². The number of aliphatic hydroxyl groups excluding tert-OH is 3. The van der Waals surface area contributed by atoms with Crippen LogP contribution in [0.4, 0.5) is 0 Å². The van der Waals surface area contributed by atoms with Crippen LogP contribution in [-0.4, -0.2) is 78.3 Å². The summed E-state index contributed by atoms with van der Waals surface area (Å²) >= 11 is 0. The molecule has 194 valence electrons. The number of nitrogens with one attached hydrogen (secondary N) is 1. The lowest BCUT2D eigenvalue weighted by atomic mass is 9.88. The van der Waals surface area contributed by atoms with Crippen LogP contribution in [0.15, 0.2) is 55.4 Å². The molecule has 0 fully saturated rings. The molecular formula is C23H38N2O9. The van der Waals surface area contributed by atoms with Gasteiger partial charge in [0.2, 0.25) is 0 Å². The minimum atomic E-state index is -0.935. The summed E-state index contributed by atoms with van der Waals surface area (Å²) in [5, 5.41) is 49.6. The van der Waals surface area contributed by atoms with Crippen LogP contribution in [0.5, 0.6) is 0 Å². The quantitative estimate of drug-likeness (QED) is 0.267. The van der Waals surface area contributed by atoms with Crippen molar-refractivity contribution in [2.75, 3.05) is 19.8 Å². The normalized spacial score (nSPS) is 8.91. The topological polar surface area (TPSA) is 201 Å². The summed E-state index contributed by atoms with van der Waals surface area (Å²) in [6, 6.07) is 0. The first-order chi connectivity index (χ1) is 15.6. The van der Waals surface area contributed by atoms with Crippen LogP contribution in [0.3, 0.4) is 0 Å². The van der Waals surface area contributed by atoms with Crippen LogP contribution in [0.2, 0.25) is 0 Å². The zero-order chi connectivity index (χ0) is 27.9. The highest BCUT2D eigenvalue weighted by Gasteiger charge is 2.24. The van der Waals surface area contributed by atoms with E-state index in [0.29, 0.717) is 6.42 Å². The van der Waals surface area contributed by atoms with E-state index in [1.807, 2.05) is 6.92 Å². The van der Waals surface area contributed by atoms with Crippen molar-refractivity contribution < 1.29 is 45.0 Å². The Morgan fingerprint density at radius 1 is 0.882 bits per heavy atom. The Bertz CT molecular complexity index is 655. The summed E-state index contributed by atoms with van der Waals surface area (Å²) in [5.41, 5.74) is -0.139. The first-order valence-corrected chi connectivity index (χ1v) is 9.71. The van der Waals surface area contributed by atoms with Crippen molar-refractivity contribution in [1.82, 2.24) is 9.97 Å². The van der Waals surface area contributed by atoms with Gasteiger partial charge in [-0.2, -0.15) is 0 Å². The van der Waals surface area contributed by atoms with Crippen molar-refractivity contribution in [3.8, 4) is 0 Å². The Kier molecular flexibility index (Phi) is 25.2. The van der Waals surface area contributed by atoms with E-state index in [-0.39, 0.29) is 36.5 Å². The molecule has 0 saturated heterocycles. The van der Waals surface area contributed by atoms with Crippen LogP contribution in [0.1, 0.15) is 39.9 Å². The highest BCUT2D eigenvalue weighted by molar-refractivity contribution is 5.85. The van der Waals surface area contributed by atoms with Crippen molar-refractivity contribution in [2.24, 2.45) is 5.41 Å². The number of H-pyrrole nitrogens is 1. The molecule has 0 aromatic carbocycles. The minimum absolute atomic E-state index is 0.156. The molecule has 0 radical (unpaired) electrons. The summed E-state index contributed by atoms with van der Waals surface area (Å²) in [6.45, 7) is 18.7. The summed E-state index contributed by atoms with van der Waals surface area (Å²) in [4.78, 5) is 35.5. The van der Waals surface area contributed by atoms with Gasteiger partial charge in [0.25, 0.3) is 0 Å². The van der Waals surface area contributed by atoms with Gasteiger partial charge >= 0.3 is 17.9 Å². The lowest BCUT2D eigenvalue weighted by Crippen LogP contribution is -2.32. The van der Waals surface area contributed by atoms with E-state index in [1.165, 1.54) is 20.8 Å². The molecule has 34 heavy (non-hydrogen) atoms. The van der Waals surface area contributed by atoms with E-state index in [4.69, 9.17) is 30.6 Å². The first kappa shape index (κ1) is 37.8. The number of carboxylic acid groups (broad SMARTS) is 3. The maximum absolute atomic E-state index is 9.60. The molecule has 0 unspecified atom stereocenters. The SMILES string of the molecule is C=C(C)C(=O)O.C=C(C)C(=O)O.C=C(C)C(=O)O.C=Cc1ncc[nH]1.CCC(CO)(CO)CO. The monoisotopic (exact) mass is 486 g/mol. The number of rotatable bonds is 8. The van der Waals surface area contributed by atoms with Crippen LogP contribution in [0.25, 0.3) is 6.08 Å². The van der Waals surface area contributed by atoms with E-state index in [0.717, 1.165) is 5.82 Å². The van der Waals surface area contributed by atoms with Crippen molar-refractivity contribution in [3.05, 3.63) is 61.3 Å². The van der Waals surface area contributed by atoms with Crippen LogP contribution >= 0.6 is 0 Å². The third kappa shape index (κ3) is 24.7. The standard InChI is InChI=1S/C6H14O3.C5H6N2.3C4H6O2/c1-2-6(3-7,4-8)5-9;1-2-5-6-3-4-7-5;3*1-3(2)4(5)6/h7-9H,2-5H2,1H3;2-4H,1H2,(H,6,7);3*1H2,2H3,(H,5,6). The number of carboxylic acids is 3. The molecule has 0 atom stereocenters. The van der Waals surface area contributed by atoms with E-state index in [1.54, 1.807) is 18.5 Å². The van der Waals surface area contributed by atoms with Crippen molar-refractivity contribution >= 4 is 24.0 Å². The molecule has 0 aliphatic carbocycles. The molecule has 1 heterocycles. The van der Waals surface area contributed by atoms with Crippen LogP contribution in [0, 0.1) is 5.41 Å². The summed E-state index contributed by atoms with van der Waals surface area (Å²) in [7, 11) is 0. The molecular weight excluding hydrogens is 448 g/mol. The first-order valence-electron chi connectivity index (χ1n) is 9.71. The lowest BCUT2D eigenvalue weighted by Gasteiger charge is -2.24. The summed E-state index contributed by atoms with van der Waals surface area (Å²) in [6.07, 6.45) is 5.71. The highest BCUT2D eigenvalue weighted by atomic mass is 16.4. The third-order valence-electron chi connectivity index (χ3n) is 3.56. The Labute approximate surface area is 200 Å². The average molecular weight is 487 g/mol. The number of aliphatic carboxylic acids is 3. The van der Waals surface area contributed by atoms with Gasteiger partial charge in [0, 0.05) is 34.5 Å². The van der Waals surface area contributed by atoms with Gasteiger partial charge in [0.05, 0.1) is 19.8 Å². The lowest BCUT2D eigenvalue weighted by molar-refractivity contribution is -0.133. The predicted molar refractivity (Wildman–Crippen MR) is 130 cm³/mol. The van der Waals surface area contributed by atoms with Crippen LogP contribution < -0.4 is 0 Å². The molecule has 1 aromatic rings. The summed E-state index contributed by atoms with van der Waals surface area (Å²) < 4.78 is 0. The molecule has 11 nitrogen and oxygen atoms in total. The number of hydrogen-bond donors (Lipinski definition) is 7. The van der Waals surface area contributed by atoms with E-state index in [2.05, 4.69) is 36.3 Å². The number of aromatic amines is 1. The second-order valence-electron chi connectivity index (χ2n) is 6.76. The maximum atomic E-state index is 9.60. The number of aromatic nitrogens is 2. The fourth-order valence-electron chi connectivity index (χ4n) is 0.875. The number of carbonyl (C=O) groups is 3. The Morgan fingerprint density at radius 2 is 1.18 bits per heavy atom. The molecule has 1 rings (SSSR count). The predicted octanol–water partition coefficient (Wildman–Crippen LogP) is 2.35. The Balaban J connectivity index is -0.000000167. The highest BCUT2D eigenvalue weighted by Crippen LogP contribution is 2.18. The fraction of sp³-hybridized carbons (Fsp3) is 0.391. The van der Waals surface area contributed by atoms with Gasteiger partial charge in [-0.25, -0.2) is 19.4 Å². The van der Waals surface area contributed by atoms with E-state index in [9.17, 15) is 14.4 Å². The molecule has 0 saturated carbocycles. The zero-order valence-corrected chi connectivity index (χ0v) is 20.2. The van der Waals surface area contributed by atoms with Crippen molar-refractivity contribution in [1.29, 1.82) is 0 Å². The molecule has 7 N–H and O–H groups in total. The van der Waals surface area contributed by atoms with E-state index >= 15 is 0 Å². The second kappa shape index (κ2) is 22.6. The minimum Gasteiger partial charge on any atom is -0.478 e. The third-order valence-corrected chi connectivity index (χ3v) is 3.56. The van der Waals surface area contributed by atoms with Gasteiger partial charge in [-0.05, 0) is 33.3 Å². The molecule has 1 aromatic heterocycles. The number of aliphatic hydroxyl groups is 3. The fourth-order valence-corrected chi connectivity index (χ4v) is 0.875. The Hall–Kier alpha value is -3.54. The largest absolute Gasteiger partial charge is 0.478 e. The van der Waals surface area contributed by atoms with Crippen LogP contribution in [-0.2, 0) is 14.4 Å².